The van der Waals surface area contributed by atoms with E-state index in [0.29, 0.717) is 5.56 Å². The number of nitriles is 1. The maximum Gasteiger partial charge on any atom is 0.343 e. The van der Waals surface area contributed by atoms with Gasteiger partial charge >= 0.3 is 5.97 Å². The molecule has 2 aromatic carbocycles. The second kappa shape index (κ2) is 6.03. The standard InChI is InChI=1S/C14H7ClN2O4/c15-12-7-11(17(19)20)4-5-13(12)21-14(18)10-3-1-2-9(6-10)8-16/h1-7H. The minimum absolute atomic E-state index is 0.00891. The number of nitro benzene ring substituents is 1. The third-order valence-electron chi connectivity index (χ3n) is 2.56. The van der Waals surface area contributed by atoms with Crippen LogP contribution < -0.4 is 4.74 Å². The summed E-state index contributed by atoms with van der Waals surface area (Å²) < 4.78 is 5.06. The Morgan fingerprint density at radius 3 is 2.67 bits per heavy atom. The zero-order chi connectivity index (χ0) is 15.4. The molecular weight excluding hydrogens is 296 g/mol. The van der Waals surface area contributed by atoms with Gasteiger partial charge < -0.3 is 4.74 Å². The van der Waals surface area contributed by atoms with Gasteiger partial charge in [-0.15, -0.1) is 0 Å². The summed E-state index contributed by atoms with van der Waals surface area (Å²) in [6, 6.07) is 11.4. The second-order valence-corrected chi connectivity index (χ2v) is 4.36. The predicted octanol–water partition coefficient (Wildman–Crippen LogP) is 3.34. The Kier molecular flexibility index (Phi) is 4.16. The van der Waals surface area contributed by atoms with Crippen LogP contribution in [0.25, 0.3) is 0 Å². The number of carbonyl (C=O) groups is 1. The number of halogens is 1. The van der Waals surface area contributed by atoms with E-state index in [9.17, 15) is 14.9 Å². The van der Waals surface area contributed by atoms with Gasteiger partial charge in [-0.1, -0.05) is 17.7 Å². The van der Waals surface area contributed by atoms with E-state index in [1.54, 1.807) is 12.1 Å². The molecule has 0 aliphatic carbocycles. The lowest BCUT2D eigenvalue weighted by Gasteiger charge is -2.06. The van der Waals surface area contributed by atoms with Crippen molar-refractivity contribution in [2.45, 2.75) is 0 Å². The van der Waals surface area contributed by atoms with Crippen LogP contribution in [-0.2, 0) is 0 Å². The Bertz CT molecular complexity index is 768. The fraction of sp³-hybridized carbons (Fsp3) is 0. The van der Waals surface area contributed by atoms with Gasteiger partial charge in [0.05, 0.1) is 27.1 Å². The molecule has 0 N–H and O–H groups in total. The molecule has 7 heteroatoms. The Hall–Kier alpha value is -2.91. The smallest absolute Gasteiger partial charge is 0.343 e. The number of non-ortho nitro benzene ring substituents is 1. The Morgan fingerprint density at radius 1 is 1.29 bits per heavy atom. The third-order valence-corrected chi connectivity index (χ3v) is 2.85. The number of carbonyl (C=O) groups excluding carboxylic acids is 1. The maximum atomic E-state index is 11.9. The molecule has 0 radical (unpaired) electrons. The fourth-order valence-electron chi connectivity index (χ4n) is 1.56. The zero-order valence-electron chi connectivity index (χ0n) is 10.4. The molecule has 2 aromatic rings. The molecule has 6 nitrogen and oxygen atoms in total. The van der Waals surface area contributed by atoms with Gasteiger partial charge in [0.2, 0.25) is 0 Å². The quantitative estimate of drug-likeness (QED) is 0.375. The third kappa shape index (κ3) is 3.35. The number of nitro groups is 1. The summed E-state index contributed by atoms with van der Waals surface area (Å²) >= 11 is 5.83. The summed E-state index contributed by atoms with van der Waals surface area (Å²) in [5.41, 5.74) is 0.300. The highest BCUT2D eigenvalue weighted by Gasteiger charge is 2.14. The molecule has 2 rings (SSSR count). The van der Waals surface area contributed by atoms with E-state index in [1.165, 1.54) is 24.3 Å². The molecule has 0 amide bonds. The molecule has 0 bridgehead atoms. The molecule has 0 atom stereocenters. The molecule has 0 aliphatic heterocycles. The van der Waals surface area contributed by atoms with Gasteiger partial charge in [0.1, 0.15) is 5.75 Å². The Balaban J connectivity index is 2.23. The molecule has 0 saturated carbocycles. The van der Waals surface area contributed by atoms with Crippen LogP contribution in [0.2, 0.25) is 5.02 Å². The highest BCUT2D eigenvalue weighted by atomic mass is 35.5. The summed E-state index contributed by atoms with van der Waals surface area (Å²) in [6.45, 7) is 0. The van der Waals surface area contributed by atoms with E-state index in [1.807, 2.05) is 6.07 Å². The molecule has 104 valence electrons. The van der Waals surface area contributed by atoms with Crippen molar-refractivity contribution in [1.29, 1.82) is 5.26 Å². The summed E-state index contributed by atoms with van der Waals surface area (Å²) in [6.07, 6.45) is 0. The topological polar surface area (TPSA) is 93.2 Å². The second-order valence-electron chi connectivity index (χ2n) is 3.95. The first-order chi connectivity index (χ1) is 10.0. The lowest BCUT2D eigenvalue weighted by atomic mass is 10.1. The molecule has 0 aromatic heterocycles. The molecule has 0 saturated heterocycles. The van der Waals surface area contributed by atoms with E-state index in [0.717, 1.165) is 6.07 Å². The van der Waals surface area contributed by atoms with Gasteiger partial charge in [0.25, 0.3) is 5.69 Å². The van der Waals surface area contributed by atoms with E-state index in [4.69, 9.17) is 21.6 Å². The molecule has 0 heterocycles. The van der Waals surface area contributed by atoms with Crippen LogP contribution >= 0.6 is 11.6 Å². The summed E-state index contributed by atoms with van der Waals surface area (Å²) in [4.78, 5) is 21.9. The lowest BCUT2D eigenvalue weighted by molar-refractivity contribution is -0.384. The monoisotopic (exact) mass is 302 g/mol. The Labute approximate surface area is 124 Å². The highest BCUT2D eigenvalue weighted by molar-refractivity contribution is 6.32. The maximum absolute atomic E-state index is 11.9. The first-order valence-corrected chi connectivity index (χ1v) is 6.05. The van der Waals surface area contributed by atoms with Crippen molar-refractivity contribution in [2.75, 3.05) is 0 Å². The number of nitrogens with zero attached hydrogens (tertiary/aromatic N) is 2. The normalized spacial score (nSPS) is 9.71. The van der Waals surface area contributed by atoms with Crippen molar-refractivity contribution in [3.05, 3.63) is 68.7 Å². The summed E-state index contributed by atoms with van der Waals surface area (Å²) in [5, 5.41) is 19.3. The van der Waals surface area contributed by atoms with Gasteiger partial charge in [-0.3, -0.25) is 10.1 Å². The minimum Gasteiger partial charge on any atom is -0.421 e. The molecule has 0 spiro atoms. The number of rotatable bonds is 3. The van der Waals surface area contributed by atoms with Gasteiger partial charge in [0, 0.05) is 12.1 Å². The van der Waals surface area contributed by atoms with Crippen LogP contribution in [0.4, 0.5) is 5.69 Å². The van der Waals surface area contributed by atoms with Crippen LogP contribution in [-0.4, -0.2) is 10.9 Å². The average molecular weight is 303 g/mol. The number of esters is 1. The predicted molar refractivity (Wildman–Crippen MR) is 74.2 cm³/mol. The van der Waals surface area contributed by atoms with Crippen molar-refractivity contribution < 1.29 is 14.5 Å². The summed E-state index contributed by atoms with van der Waals surface area (Å²) in [5.74, 6) is -0.697. The number of benzene rings is 2. The summed E-state index contributed by atoms with van der Waals surface area (Å²) in [7, 11) is 0. The van der Waals surface area contributed by atoms with Crippen molar-refractivity contribution >= 4 is 23.3 Å². The van der Waals surface area contributed by atoms with Gasteiger partial charge in [-0.2, -0.15) is 5.26 Å². The number of hydrogen-bond acceptors (Lipinski definition) is 5. The first-order valence-electron chi connectivity index (χ1n) is 5.67. The Morgan fingerprint density at radius 2 is 2.05 bits per heavy atom. The van der Waals surface area contributed by atoms with Gasteiger partial charge in [-0.05, 0) is 24.3 Å². The van der Waals surface area contributed by atoms with E-state index in [-0.39, 0.29) is 22.0 Å². The minimum atomic E-state index is -0.706. The molecule has 21 heavy (non-hydrogen) atoms. The van der Waals surface area contributed by atoms with Crippen LogP contribution in [0.5, 0.6) is 5.75 Å². The zero-order valence-corrected chi connectivity index (χ0v) is 11.2. The number of ether oxygens (including phenoxy) is 1. The highest BCUT2D eigenvalue weighted by Crippen LogP contribution is 2.29. The fourth-order valence-corrected chi connectivity index (χ4v) is 1.77. The molecular formula is C14H7ClN2O4. The van der Waals surface area contributed by atoms with Crippen LogP contribution in [0.3, 0.4) is 0 Å². The largest absolute Gasteiger partial charge is 0.421 e. The average Bonchev–Trinajstić information content (AvgIpc) is 2.49. The van der Waals surface area contributed by atoms with Crippen molar-refractivity contribution in [3.63, 3.8) is 0 Å². The van der Waals surface area contributed by atoms with Crippen molar-refractivity contribution in [2.24, 2.45) is 0 Å². The van der Waals surface area contributed by atoms with Crippen LogP contribution in [0, 0.1) is 21.4 Å². The molecule has 0 fully saturated rings. The van der Waals surface area contributed by atoms with E-state index in [2.05, 4.69) is 0 Å². The van der Waals surface area contributed by atoms with Crippen LogP contribution in [0.1, 0.15) is 15.9 Å². The van der Waals surface area contributed by atoms with Crippen LogP contribution in [0.15, 0.2) is 42.5 Å². The lowest BCUT2D eigenvalue weighted by Crippen LogP contribution is -2.09. The SMILES string of the molecule is N#Cc1cccc(C(=O)Oc2ccc([N+](=O)[O-])cc2Cl)c1. The van der Waals surface area contributed by atoms with Crippen molar-refractivity contribution in [1.82, 2.24) is 0 Å². The van der Waals surface area contributed by atoms with Gasteiger partial charge in [-0.25, -0.2) is 4.79 Å². The molecule has 0 aliphatic rings. The van der Waals surface area contributed by atoms with E-state index >= 15 is 0 Å². The van der Waals surface area contributed by atoms with Gasteiger partial charge in [0.15, 0.2) is 0 Å². The molecule has 0 unspecified atom stereocenters. The first kappa shape index (κ1) is 14.5. The van der Waals surface area contributed by atoms with E-state index < -0.39 is 10.9 Å². The number of hydrogen-bond donors (Lipinski definition) is 0. The van der Waals surface area contributed by atoms with Crippen molar-refractivity contribution in [3.8, 4) is 11.8 Å².